The Morgan fingerprint density at radius 1 is 1.03 bits per heavy atom. The molecule has 2 aliphatic rings. The van der Waals surface area contributed by atoms with Crippen molar-refractivity contribution in [2.75, 3.05) is 13.2 Å². The van der Waals surface area contributed by atoms with Gasteiger partial charge in [0, 0.05) is 12.5 Å². The van der Waals surface area contributed by atoms with Crippen LogP contribution in [0.5, 0.6) is 0 Å². The van der Waals surface area contributed by atoms with Crippen LogP contribution < -0.4 is 5.32 Å². The predicted molar refractivity (Wildman–Crippen MR) is 126 cm³/mol. The van der Waals surface area contributed by atoms with Crippen molar-refractivity contribution in [1.29, 1.82) is 0 Å². The Morgan fingerprint density at radius 3 is 2.18 bits per heavy atom. The van der Waals surface area contributed by atoms with E-state index < -0.39 is 35.8 Å². The van der Waals surface area contributed by atoms with Crippen molar-refractivity contribution in [3.63, 3.8) is 0 Å². The fourth-order valence-electron chi connectivity index (χ4n) is 4.79. The number of amides is 2. The lowest BCUT2D eigenvalue weighted by molar-refractivity contribution is -0.145. The van der Waals surface area contributed by atoms with Gasteiger partial charge in [-0.2, -0.15) is 0 Å². The number of alkyl carbamates (subject to hydrolysis) is 1. The summed E-state index contributed by atoms with van der Waals surface area (Å²) in [6.45, 7) is 5.52. The van der Waals surface area contributed by atoms with Crippen LogP contribution in [0.2, 0.25) is 0 Å². The van der Waals surface area contributed by atoms with Gasteiger partial charge in [-0.3, -0.25) is 4.90 Å². The molecule has 4 rings (SSSR count). The van der Waals surface area contributed by atoms with Crippen LogP contribution in [-0.2, 0) is 14.3 Å². The number of nitrogens with zero attached hydrogens (tertiary/aromatic N) is 1. The second kappa shape index (κ2) is 9.37. The monoisotopic (exact) mass is 466 g/mol. The Bertz CT molecular complexity index is 1050. The van der Waals surface area contributed by atoms with Crippen LogP contribution >= 0.6 is 0 Å². The molecular weight excluding hydrogens is 436 g/mol. The summed E-state index contributed by atoms with van der Waals surface area (Å²) in [6.07, 6.45) is -0.458. The molecule has 0 aromatic heterocycles. The van der Waals surface area contributed by atoms with Gasteiger partial charge < -0.3 is 19.9 Å². The molecule has 1 fully saturated rings. The van der Waals surface area contributed by atoms with E-state index in [0.717, 1.165) is 22.3 Å². The lowest BCUT2D eigenvalue weighted by Crippen LogP contribution is -2.60. The van der Waals surface area contributed by atoms with Gasteiger partial charge >= 0.3 is 18.2 Å². The van der Waals surface area contributed by atoms with Crippen molar-refractivity contribution in [2.45, 2.75) is 57.2 Å². The Labute approximate surface area is 198 Å². The number of benzene rings is 2. The molecule has 0 radical (unpaired) electrons. The largest absolute Gasteiger partial charge is 0.480 e. The smallest absolute Gasteiger partial charge is 0.410 e. The average molecular weight is 467 g/mol. The van der Waals surface area contributed by atoms with Gasteiger partial charge in [0.15, 0.2) is 6.04 Å². The fourth-order valence-corrected chi connectivity index (χ4v) is 4.79. The molecule has 0 spiro atoms. The number of carboxylic acids is 1. The van der Waals surface area contributed by atoms with Crippen molar-refractivity contribution in [1.82, 2.24) is 10.2 Å². The van der Waals surface area contributed by atoms with Crippen molar-refractivity contribution in [3.8, 4) is 11.1 Å². The van der Waals surface area contributed by atoms with E-state index in [1.807, 2.05) is 48.5 Å². The SMILES string of the molecule is CC(C)(C)OC(=O)NC1CCCN(C(=O)OCC2c3ccccc3-c3ccccc32)C1C(=O)O. The summed E-state index contributed by atoms with van der Waals surface area (Å²) in [7, 11) is 0. The van der Waals surface area contributed by atoms with E-state index in [-0.39, 0.29) is 19.1 Å². The Balaban J connectivity index is 1.47. The normalized spacial score (nSPS) is 19.7. The third-order valence-electron chi connectivity index (χ3n) is 6.16. The van der Waals surface area contributed by atoms with Crippen molar-refractivity contribution < 1.29 is 29.0 Å². The highest BCUT2D eigenvalue weighted by molar-refractivity contribution is 5.83. The number of likely N-dealkylation sites (tertiary alicyclic amines) is 1. The van der Waals surface area contributed by atoms with E-state index >= 15 is 0 Å². The van der Waals surface area contributed by atoms with Crippen LogP contribution in [0, 0.1) is 0 Å². The first-order valence-corrected chi connectivity index (χ1v) is 11.5. The van der Waals surface area contributed by atoms with Crippen LogP contribution in [-0.4, -0.2) is 59.0 Å². The summed E-state index contributed by atoms with van der Waals surface area (Å²) in [5.74, 6) is -1.32. The second-order valence-corrected chi connectivity index (χ2v) is 9.68. The average Bonchev–Trinajstić information content (AvgIpc) is 3.09. The highest BCUT2D eigenvalue weighted by Gasteiger charge is 2.42. The molecule has 2 unspecified atom stereocenters. The molecule has 2 aromatic carbocycles. The number of carbonyl (C=O) groups is 3. The minimum atomic E-state index is -1.24. The molecular formula is C26H30N2O6. The van der Waals surface area contributed by atoms with Crippen LogP contribution in [0.25, 0.3) is 11.1 Å². The molecule has 2 N–H and O–H groups in total. The quantitative estimate of drug-likeness (QED) is 0.693. The third kappa shape index (κ3) is 4.85. The first kappa shape index (κ1) is 23.6. The van der Waals surface area contributed by atoms with Crippen LogP contribution in [0.3, 0.4) is 0 Å². The van der Waals surface area contributed by atoms with Gasteiger partial charge in [-0.1, -0.05) is 48.5 Å². The molecule has 2 aromatic rings. The summed E-state index contributed by atoms with van der Waals surface area (Å²) in [6, 6.07) is 14.0. The number of rotatable bonds is 4. The van der Waals surface area contributed by atoms with Gasteiger partial charge in [-0.15, -0.1) is 0 Å². The summed E-state index contributed by atoms with van der Waals surface area (Å²) in [5.41, 5.74) is 3.66. The summed E-state index contributed by atoms with van der Waals surface area (Å²) in [4.78, 5) is 38.6. The lowest BCUT2D eigenvalue weighted by Gasteiger charge is -2.38. The maximum absolute atomic E-state index is 13.1. The molecule has 8 nitrogen and oxygen atoms in total. The zero-order valence-corrected chi connectivity index (χ0v) is 19.6. The van der Waals surface area contributed by atoms with Gasteiger partial charge in [-0.05, 0) is 55.9 Å². The lowest BCUT2D eigenvalue weighted by atomic mass is 9.96. The third-order valence-corrected chi connectivity index (χ3v) is 6.16. The van der Waals surface area contributed by atoms with E-state index in [1.54, 1.807) is 20.8 Å². The number of fused-ring (bicyclic) bond motifs is 3. The summed E-state index contributed by atoms with van der Waals surface area (Å²) >= 11 is 0. The number of nitrogens with one attached hydrogen (secondary N) is 1. The Morgan fingerprint density at radius 2 is 1.62 bits per heavy atom. The number of hydrogen-bond acceptors (Lipinski definition) is 5. The van der Waals surface area contributed by atoms with Crippen LogP contribution in [0.4, 0.5) is 9.59 Å². The minimum Gasteiger partial charge on any atom is -0.480 e. The molecule has 8 heteroatoms. The van der Waals surface area contributed by atoms with Gasteiger partial charge in [0.2, 0.25) is 0 Å². The number of piperidine rings is 1. The van der Waals surface area contributed by atoms with E-state index in [2.05, 4.69) is 5.32 Å². The first-order chi connectivity index (χ1) is 16.2. The molecule has 0 bridgehead atoms. The van der Waals surface area contributed by atoms with Crippen molar-refractivity contribution in [3.05, 3.63) is 59.7 Å². The van der Waals surface area contributed by atoms with Crippen molar-refractivity contribution in [2.24, 2.45) is 0 Å². The van der Waals surface area contributed by atoms with Crippen molar-refractivity contribution >= 4 is 18.2 Å². The number of aliphatic carboxylic acids is 1. The van der Waals surface area contributed by atoms with Gasteiger partial charge in [0.05, 0.1) is 6.04 Å². The van der Waals surface area contributed by atoms with E-state index in [4.69, 9.17) is 9.47 Å². The van der Waals surface area contributed by atoms with Crippen LogP contribution in [0.1, 0.15) is 50.7 Å². The van der Waals surface area contributed by atoms with Gasteiger partial charge in [-0.25, -0.2) is 14.4 Å². The fraction of sp³-hybridized carbons (Fsp3) is 0.423. The maximum atomic E-state index is 13.1. The van der Waals surface area contributed by atoms with Gasteiger partial charge in [0.25, 0.3) is 0 Å². The molecule has 1 aliphatic heterocycles. The maximum Gasteiger partial charge on any atom is 0.410 e. The highest BCUT2D eigenvalue weighted by atomic mass is 16.6. The van der Waals surface area contributed by atoms with E-state index in [9.17, 15) is 19.5 Å². The predicted octanol–water partition coefficient (Wildman–Crippen LogP) is 4.38. The Hall–Kier alpha value is -3.55. The Kier molecular flexibility index (Phi) is 6.50. The minimum absolute atomic E-state index is 0.0971. The summed E-state index contributed by atoms with van der Waals surface area (Å²) in [5, 5.41) is 12.5. The molecule has 1 aliphatic carbocycles. The number of hydrogen-bond donors (Lipinski definition) is 2. The molecule has 1 saturated heterocycles. The molecule has 0 saturated carbocycles. The standard InChI is InChI=1S/C26H30N2O6/c1-26(2,3)34-24(31)27-21-13-8-14-28(22(21)23(29)30)25(32)33-15-20-18-11-6-4-9-16(18)17-10-5-7-12-19(17)20/h4-7,9-12,20-22H,8,13-15H2,1-3H3,(H,27,31)(H,29,30). The summed E-state index contributed by atoms with van der Waals surface area (Å²) < 4.78 is 10.9. The molecule has 34 heavy (non-hydrogen) atoms. The first-order valence-electron chi connectivity index (χ1n) is 11.5. The van der Waals surface area contributed by atoms with Crippen LogP contribution in [0.15, 0.2) is 48.5 Å². The topological polar surface area (TPSA) is 105 Å². The number of carbonyl (C=O) groups excluding carboxylic acids is 2. The zero-order chi connectivity index (χ0) is 24.5. The number of carboxylic acid groups (broad SMARTS) is 1. The zero-order valence-electron chi connectivity index (χ0n) is 19.6. The molecule has 180 valence electrons. The number of ether oxygens (including phenoxy) is 2. The highest BCUT2D eigenvalue weighted by Crippen LogP contribution is 2.44. The van der Waals surface area contributed by atoms with E-state index in [0.29, 0.717) is 12.8 Å². The van der Waals surface area contributed by atoms with Gasteiger partial charge in [0.1, 0.15) is 12.2 Å². The second-order valence-electron chi connectivity index (χ2n) is 9.68. The molecule has 2 amide bonds. The molecule has 1 heterocycles. The molecule has 2 atom stereocenters. The van der Waals surface area contributed by atoms with E-state index in [1.165, 1.54) is 4.90 Å².